The van der Waals surface area contributed by atoms with Gasteiger partial charge in [-0.05, 0) is 51.1 Å². The fraction of sp³-hybridized carbons (Fsp3) is 0.565. The summed E-state index contributed by atoms with van der Waals surface area (Å²) in [6.45, 7) is 2.42. The van der Waals surface area contributed by atoms with Gasteiger partial charge >= 0.3 is 5.97 Å². The third-order valence-corrected chi connectivity index (χ3v) is 5.58. The number of unbranched alkanes of at least 4 members (excludes halogenated alkanes) is 1. The van der Waals surface area contributed by atoms with Crippen molar-refractivity contribution in [3.63, 3.8) is 0 Å². The van der Waals surface area contributed by atoms with Crippen molar-refractivity contribution >= 4 is 23.7 Å². The first-order chi connectivity index (χ1) is 16.2. The third kappa shape index (κ3) is 9.86. The SMILES string of the molecule is CC(O)(N[C@@H](Cc1ccccc1)C(=O)NCC(=O)NC(N)=NCCCCC(=O)O)[C@@H]1CCCN1. The van der Waals surface area contributed by atoms with Crippen molar-refractivity contribution in [2.75, 3.05) is 19.6 Å². The maximum atomic E-state index is 12.9. The number of carbonyl (C=O) groups is 3. The summed E-state index contributed by atoms with van der Waals surface area (Å²) < 4.78 is 0. The molecule has 3 atom stereocenters. The zero-order valence-electron chi connectivity index (χ0n) is 19.5. The van der Waals surface area contributed by atoms with E-state index in [0.717, 1.165) is 24.9 Å². The van der Waals surface area contributed by atoms with Crippen LogP contribution in [0.3, 0.4) is 0 Å². The van der Waals surface area contributed by atoms with E-state index in [1.807, 2.05) is 30.3 Å². The van der Waals surface area contributed by atoms with Gasteiger partial charge in [0.2, 0.25) is 11.8 Å². The molecule has 2 amide bonds. The first kappa shape index (κ1) is 27.2. The Hall–Kier alpha value is -3.02. The number of nitrogens with zero attached hydrogens (tertiary/aromatic N) is 1. The lowest BCUT2D eigenvalue weighted by atomic mass is 9.99. The second-order valence-electron chi connectivity index (χ2n) is 8.57. The second-order valence-corrected chi connectivity index (χ2v) is 8.57. The van der Waals surface area contributed by atoms with E-state index in [9.17, 15) is 19.5 Å². The van der Waals surface area contributed by atoms with Gasteiger partial charge in [0.15, 0.2) is 5.96 Å². The van der Waals surface area contributed by atoms with Crippen molar-refractivity contribution in [1.29, 1.82) is 0 Å². The lowest BCUT2D eigenvalue weighted by molar-refractivity contribution is -0.137. The molecule has 1 heterocycles. The number of aliphatic imine (C=N–C) groups is 1. The molecule has 0 bridgehead atoms. The van der Waals surface area contributed by atoms with Crippen LogP contribution in [-0.4, -0.2) is 71.4 Å². The maximum Gasteiger partial charge on any atom is 0.303 e. The van der Waals surface area contributed by atoms with Gasteiger partial charge in [0.1, 0.15) is 5.72 Å². The molecule has 1 fully saturated rings. The normalized spacial score (nSPS) is 18.6. The zero-order chi connectivity index (χ0) is 25.0. The van der Waals surface area contributed by atoms with Crippen molar-refractivity contribution in [1.82, 2.24) is 21.3 Å². The molecule has 0 aliphatic carbocycles. The Morgan fingerprint density at radius 1 is 1.26 bits per heavy atom. The summed E-state index contributed by atoms with van der Waals surface area (Å²) in [5.41, 5.74) is 5.27. The summed E-state index contributed by atoms with van der Waals surface area (Å²) in [5.74, 6) is -1.94. The number of carboxylic acids is 1. The minimum atomic E-state index is -1.31. The highest BCUT2D eigenvalue weighted by molar-refractivity contribution is 5.98. The quantitative estimate of drug-likeness (QED) is 0.0857. The molecule has 1 aromatic carbocycles. The number of carbonyl (C=O) groups excluding carboxylic acids is 2. The van der Waals surface area contributed by atoms with Gasteiger partial charge in [-0.15, -0.1) is 0 Å². The number of nitrogens with one attached hydrogen (secondary N) is 4. The zero-order valence-corrected chi connectivity index (χ0v) is 19.5. The lowest BCUT2D eigenvalue weighted by Crippen LogP contribution is -2.62. The van der Waals surface area contributed by atoms with Crippen molar-refractivity contribution in [3.05, 3.63) is 35.9 Å². The standard InChI is InChI=1S/C23H36N6O5/c1-23(34,18-10-7-13-25-18)29-17(14-16-8-3-2-4-9-16)21(33)27-15-19(30)28-22(24)26-12-6-5-11-20(31)32/h2-4,8-9,17-18,25,29,34H,5-7,10-15H2,1H3,(H,27,33)(H,31,32)(H3,24,26,28,30)/t17-,18-,23?/m0/s1. The highest BCUT2D eigenvalue weighted by atomic mass is 16.4. The number of rotatable bonds is 13. The van der Waals surface area contributed by atoms with Gasteiger partial charge in [0.25, 0.3) is 0 Å². The predicted molar refractivity (Wildman–Crippen MR) is 128 cm³/mol. The van der Waals surface area contributed by atoms with Crippen molar-refractivity contribution in [2.45, 2.75) is 63.3 Å². The van der Waals surface area contributed by atoms with E-state index in [2.05, 4.69) is 26.3 Å². The molecule has 188 valence electrons. The average molecular weight is 477 g/mol. The molecule has 0 aromatic heterocycles. The van der Waals surface area contributed by atoms with Crippen LogP contribution in [0.4, 0.5) is 0 Å². The first-order valence-corrected chi connectivity index (χ1v) is 11.5. The van der Waals surface area contributed by atoms with E-state index in [-0.39, 0.29) is 25.0 Å². The Labute approximate surface area is 199 Å². The molecule has 1 aliphatic rings. The molecular formula is C23H36N6O5. The summed E-state index contributed by atoms with van der Waals surface area (Å²) in [6.07, 6.45) is 3.11. The lowest BCUT2D eigenvalue weighted by Gasteiger charge is -2.35. The van der Waals surface area contributed by atoms with Gasteiger partial charge in [-0.25, -0.2) is 0 Å². The number of guanidine groups is 1. The van der Waals surface area contributed by atoms with Crippen LogP contribution >= 0.6 is 0 Å². The third-order valence-electron chi connectivity index (χ3n) is 5.58. The molecule has 8 N–H and O–H groups in total. The summed E-state index contributed by atoms with van der Waals surface area (Å²) in [5, 5.41) is 30.9. The Kier molecular flexibility index (Phi) is 10.9. The summed E-state index contributed by atoms with van der Waals surface area (Å²) in [6, 6.07) is 8.46. The fourth-order valence-corrected chi connectivity index (χ4v) is 3.78. The molecular weight excluding hydrogens is 440 g/mol. The van der Waals surface area contributed by atoms with Crippen LogP contribution in [-0.2, 0) is 20.8 Å². The van der Waals surface area contributed by atoms with Gasteiger partial charge in [-0.3, -0.25) is 30.0 Å². The van der Waals surface area contributed by atoms with Crippen LogP contribution in [0.15, 0.2) is 35.3 Å². The molecule has 1 unspecified atom stereocenters. The second kappa shape index (κ2) is 13.6. The van der Waals surface area contributed by atoms with E-state index < -0.39 is 29.6 Å². The fourth-order valence-electron chi connectivity index (χ4n) is 3.78. The van der Waals surface area contributed by atoms with Gasteiger partial charge in [-0.2, -0.15) is 0 Å². The molecule has 1 aliphatic heterocycles. The number of benzene rings is 1. The summed E-state index contributed by atoms with van der Waals surface area (Å²) in [7, 11) is 0. The van der Waals surface area contributed by atoms with Gasteiger partial charge < -0.3 is 26.6 Å². The van der Waals surface area contributed by atoms with E-state index in [0.29, 0.717) is 25.8 Å². The molecule has 1 aromatic rings. The van der Waals surface area contributed by atoms with E-state index in [4.69, 9.17) is 10.8 Å². The monoisotopic (exact) mass is 476 g/mol. The maximum absolute atomic E-state index is 12.9. The number of hydrogen-bond acceptors (Lipinski definition) is 7. The molecule has 0 spiro atoms. The minimum Gasteiger partial charge on any atom is -0.481 e. The topological polar surface area (TPSA) is 178 Å². The van der Waals surface area contributed by atoms with Crippen LogP contribution in [0.25, 0.3) is 0 Å². The minimum absolute atomic E-state index is 0.0513. The van der Waals surface area contributed by atoms with Crippen molar-refractivity contribution in [3.8, 4) is 0 Å². The summed E-state index contributed by atoms with van der Waals surface area (Å²) >= 11 is 0. The molecule has 1 saturated heterocycles. The molecule has 2 rings (SSSR count). The molecule has 34 heavy (non-hydrogen) atoms. The number of hydrogen-bond donors (Lipinski definition) is 7. The van der Waals surface area contributed by atoms with Crippen molar-refractivity contribution in [2.24, 2.45) is 10.7 Å². The van der Waals surface area contributed by atoms with E-state index >= 15 is 0 Å². The number of aliphatic hydroxyl groups is 1. The Morgan fingerprint density at radius 2 is 2.00 bits per heavy atom. The highest BCUT2D eigenvalue weighted by Crippen LogP contribution is 2.18. The van der Waals surface area contributed by atoms with E-state index in [1.165, 1.54) is 0 Å². The number of carboxylic acid groups (broad SMARTS) is 1. The Morgan fingerprint density at radius 3 is 2.65 bits per heavy atom. The predicted octanol–water partition coefficient (Wildman–Crippen LogP) is -0.550. The number of nitrogens with two attached hydrogens (primary N) is 1. The molecule has 0 radical (unpaired) electrons. The highest BCUT2D eigenvalue weighted by Gasteiger charge is 2.37. The van der Waals surface area contributed by atoms with E-state index in [1.54, 1.807) is 6.92 Å². The Bertz CT molecular complexity index is 840. The van der Waals surface area contributed by atoms with Crippen molar-refractivity contribution < 1.29 is 24.6 Å². The number of aliphatic carboxylic acids is 1. The molecule has 0 saturated carbocycles. The number of amides is 2. The van der Waals surface area contributed by atoms with Gasteiger partial charge in [-0.1, -0.05) is 30.3 Å². The Balaban J connectivity index is 1.89. The van der Waals surface area contributed by atoms with Gasteiger partial charge in [0.05, 0.1) is 12.6 Å². The molecule has 11 heteroatoms. The first-order valence-electron chi connectivity index (χ1n) is 11.5. The van der Waals surface area contributed by atoms with Crippen LogP contribution in [0, 0.1) is 0 Å². The van der Waals surface area contributed by atoms with Crippen LogP contribution in [0.1, 0.15) is 44.6 Å². The van der Waals surface area contributed by atoms with Crippen LogP contribution in [0.5, 0.6) is 0 Å². The van der Waals surface area contributed by atoms with Crippen LogP contribution < -0.4 is 27.0 Å². The largest absolute Gasteiger partial charge is 0.481 e. The molecule has 11 nitrogen and oxygen atoms in total. The van der Waals surface area contributed by atoms with Gasteiger partial charge in [0, 0.05) is 19.0 Å². The summed E-state index contributed by atoms with van der Waals surface area (Å²) in [4.78, 5) is 39.6. The average Bonchev–Trinajstić information content (AvgIpc) is 3.33. The van der Waals surface area contributed by atoms with Crippen LogP contribution in [0.2, 0.25) is 0 Å². The smallest absolute Gasteiger partial charge is 0.303 e.